The molecule has 0 unspecified atom stereocenters. The van der Waals surface area contributed by atoms with Crippen LogP contribution in [0, 0.1) is 0 Å². The summed E-state index contributed by atoms with van der Waals surface area (Å²) in [7, 11) is 0. The van der Waals surface area contributed by atoms with Gasteiger partial charge < -0.3 is 30.4 Å². The van der Waals surface area contributed by atoms with E-state index in [2.05, 4.69) is 52.8 Å². The lowest BCUT2D eigenvalue weighted by Gasteiger charge is -2.28. The van der Waals surface area contributed by atoms with E-state index in [0.29, 0.717) is 22.9 Å². The molecule has 178 valence electrons. The van der Waals surface area contributed by atoms with Crippen LogP contribution in [0.1, 0.15) is 0 Å². The van der Waals surface area contributed by atoms with Gasteiger partial charge in [0.2, 0.25) is 5.95 Å². The van der Waals surface area contributed by atoms with E-state index in [1.54, 1.807) is 0 Å². The van der Waals surface area contributed by atoms with Crippen molar-refractivity contribution in [2.45, 2.75) is 5.03 Å². The second-order valence-corrected chi connectivity index (χ2v) is 8.84. The number of benzene rings is 2. The number of morpholine rings is 1. The number of aromatic nitrogens is 6. The van der Waals surface area contributed by atoms with E-state index in [1.165, 1.54) is 11.8 Å². The zero-order chi connectivity index (χ0) is 23.8. The summed E-state index contributed by atoms with van der Waals surface area (Å²) in [4.78, 5) is 18.6. The maximum atomic E-state index is 9.65. The maximum absolute atomic E-state index is 9.65. The fraction of sp³-hybridized carbons (Fsp3) is 0.217. The topological polar surface area (TPSA) is 140 Å². The molecule has 11 nitrogen and oxygen atoms in total. The number of anilines is 5. The van der Waals surface area contributed by atoms with Crippen molar-refractivity contribution in [1.82, 2.24) is 30.1 Å². The predicted octanol–water partition coefficient (Wildman–Crippen LogP) is 3.98. The van der Waals surface area contributed by atoms with E-state index < -0.39 is 0 Å². The minimum atomic E-state index is -0.118. The minimum Gasteiger partial charge on any atom is -0.480 e. The highest BCUT2D eigenvalue weighted by Crippen LogP contribution is 2.32. The Balaban J connectivity index is 1.31. The van der Waals surface area contributed by atoms with Crippen LogP contribution in [0.25, 0.3) is 22.1 Å². The molecule has 0 spiro atoms. The molecule has 0 bridgehead atoms. The first-order valence-electron chi connectivity index (χ1n) is 11.1. The van der Waals surface area contributed by atoms with Gasteiger partial charge in [-0.3, -0.25) is 5.10 Å². The summed E-state index contributed by atoms with van der Waals surface area (Å²) in [6, 6.07) is 13.7. The van der Waals surface area contributed by atoms with E-state index in [9.17, 15) is 5.11 Å². The number of fused-ring (bicyclic) bond motifs is 2. The standard InChI is InChI=1S/C23H23N9O2S/c1-35-21-18-19(24-14-4-7-16-17(12-14)27-23(33)26-16)28-22(29-20(18)30-31-21)25-13-2-5-15(6-3-13)32-8-10-34-11-9-32/h2-7,12H,8-11H2,1H3,(H2,26,27,33)(H3,24,25,28,29,30,31). The average Bonchev–Trinajstić information content (AvgIpc) is 3.47. The SMILES string of the molecule is CSc1n[nH]c2nc(Nc3ccc(N4CCOCC4)cc3)nc(Nc3ccc4[nH]c(O)nc4c3)c12. The molecule has 1 aliphatic rings. The summed E-state index contributed by atoms with van der Waals surface area (Å²) in [6.07, 6.45) is 1.96. The Bertz CT molecular complexity index is 1490. The first kappa shape index (κ1) is 21.5. The number of H-pyrrole nitrogens is 2. The molecule has 6 rings (SSSR count). The zero-order valence-electron chi connectivity index (χ0n) is 18.9. The molecule has 3 aromatic heterocycles. The quantitative estimate of drug-likeness (QED) is 0.222. The summed E-state index contributed by atoms with van der Waals surface area (Å²) in [5.41, 5.74) is 4.84. The number of nitrogens with zero attached hydrogens (tertiary/aromatic N) is 5. The number of aromatic hydroxyl groups is 1. The summed E-state index contributed by atoms with van der Waals surface area (Å²) in [5.74, 6) is 1.05. The van der Waals surface area contributed by atoms with Crippen molar-refractivity contribution >= 4 is 62.7 Å². The lowest BCUT2D eigenvalue weighted by Crippen LogP contribution is -2.36. The highest BCUT2D eigenvalue weighted by molar-refractivity contribution is 7.98. The van der Waals surface area contributed by atoms with E-state index in [1.807, 2.05) is 36.6 Å². The molecule has 0 atom stereocenters. The second-order valence-electron chi connectivity index (χ2n) is 8.04. The molecular weight excluding hydrogens is 466 g/mol. The average molecular weight is 490 g/mol. The van der Waals surface area contributed by atoms with Crippen molar-refractivity contribution in [3.63, 3.8) is 0 Å². The van der Waals surface area contributed by atoms with Crippen molar-refractivity contribution in [2.24, 2.45) is 0 Å². The Hall–Kier alpha value is -4.03. The molecule has 1 saturated heterocycles. The van der Waals surface area contributed by atoms with Crippen LogP contribution < -0.4 is 15.5 Å². The van der Waals surface area contributed by atoms with Crippen molar-refractivity contribution in [1.29, 1.82) is 0 Å². The third-order valence-corrected chi connectivity index (χ3v) is 6.49. The molecule has 5 aromatic rings. The third-order valence-electron chi connectivity index (χ3n) is 5.81. The van der Waals surface area contributed by atoms with Crippen LogP contribution in [-0.2, 0) is 4.74 Å². The van der Waals surface area contributed by atoms with Gasteiger partial charge in [0.1, 0.15) is 10.8 Å². The predicted molar refractivity (Wildman–Crippen MR) is 137 cm³/mol. The number of rotatable bonds is 6. The Kier molecular flexibility index (Phi) is 5.51. The molecule has 0 radical (unpaired) electrons. The van der Waals surface area contributed by atoms with Gasteiger partial charge in [-0.1, -0.05) is 0 Å². The van der Waals surface area contributed by atoms with Crippen LogP contribution in [-0.4, -0.2) is 67.8 Å². The smallest absolute Gasteiger partial charge is 0.292 e. The first-order chi connectivity index (χ1) is 17.2. The highest BCUT2D eigenvalue weighted by atomic mass is 32.2. The highest BCUT2D eigenvalue weighted by Gasteiger charge is 2.16. The molecule has 35 heavy (non-hydrogen) atoms. The van der Waals surface area contributed by atoms with Gasteiger partial charge in [0.25, 0.3) is 6.01 Å². The van der Waals surface area contributed by atoms with Crippen molar-refractivity contribution < 1.29 is 9.84 Å². The molecule has 4 heterocycles. The van der Waals surface area contributed by atoms with Crippen LogP contribution in [0.4, 0.5) is 28.8 Å². The van der Waals surface area contributed by atoms with Crippen LogP contribution in [0.15, 0.2) is 47.5 Å². The van der Waals surface area contributed by atoms with Gasteiger partial charge in [-0.15, -0.1) is 11.8 Å². The van der Waals surface area contributed by atoms with Gasteiger partial charge in [0.05, 0.1) is 29.6 Å². The monoisotopic (exact) mass is 489 g/mol. The fourth-order valence-electron chi connectivity index (χ4n) is 4.11. The summed E-state index contributed by atoms with van der Waals surface area (Å²) < 4.78 is 5.44. The number of thioether (sulfide) groups is 1. The maximum Gasteiger partial charge on any atom is 0.292 e. The van der Waals surface area contributed by atoms with Crippen molar-refractivity contribution in [3.8, 4) is 6.01 Å². The second kappa shape index (κ2) is 8.96. The Morgan fingerprint density at radius 2 is 1.80 bits per heavy atom. The molecule has 0 saturated carbocycles. The molecule has 5 N–H and O–H groups in total. The van der Waals surface area contributed by atoms with Gasteiger partial charge in [0.15, 0.2) is 5.65 Å². The molecule has 1 aliphatic heterocycles. The normalized spacial score (nSPS) is 14.0. The summed E-state index contributed by atoms with van der Waals surface area (Å²) in [6.45, 7) is 3.28. The Labute approximate surface area is 204 Å². The van der Waals surface area contributed by atoms with Crippen molar-refractivity contribution in [3.05, 3.63) is 42.5 Å². The van der Waals surface area contributed by atoms with Gasteiger partial charge in [-0.25, -0.2) is 0 Å². The minimum absolute atomic E-state index is 0.118. The molecular formula is C23H23N9O2S. The summed E-state index contributed by atoms with van der Waals surface area (Å²) >= 11 is 1.51. The molecule has 12 heteroatoms. The number of aromatic amines is 2. The largest absolute Gasteiger partial charge is 0.480 e. The number of ether oxygens (including phenoxy) is 1. The van der Waals surface area contributed by atoms with Gasteiger partial charge in [-0.2, -0.15) is 20.1 Å². The molecule has 2 aromatic carbocycles. The van der Waals surface area contributed by atoms with Crippen molar-refractivity contribution in [2.75, 3.05) is 48.1 Å². The lowest BCUT2D eigenvalue weighted by atomic mass is 10.2. The van der Waals surface area contributed by atoms with E-state index in [4.69, 9.17) is 9.72 Å². The van der Waals surface area contributed by atoms with Gasteiger partial charge >= 0.3 is 0 Å². The number of nitrogens with one attached hydrogen (secondary N) is 4. The summed E-state index contributed by atoms with van der Waals surface area (Å²) in [5, 5.41) is 25.3. The fourth-order valence-corrected chi connectivity index (χ4v) is 4.65. The lowest BCUT2D eigenvalue weighted by molar-refractivity contribution is 0.122. The molecule has 1 fully saturated rings. The first-order valence-corrected chi connectivity index (χ1v) is 12.3. The molecule has 0 amide bonds. The van der Waals surface area contributed by atoms with Crippen LogP contribution in [0.5, 0.6) is 6.01 Å². The van der Waals surface area contributed by atoms with Crippen LogP contribution in [0.2, 0.25) is 0 Å². The van der Waals surface area contributed by atoms with Crippen LogP contribution in [0.3, 0.4) is 0 Å². The van der Waals surface area contributed by atoms with Gasteiger partial charge in [-0.05, 0) is 48.7 Å². The molecule has 0 aliphatic carbocycles. The number of imidazole rings is 1. The number of hydrogen-bond acceptors (Lipinski definition) is 10. The van der Waals surface area contributed by atoms with E-state index in [-0.39, 0.29) is 6.01 Å². The van der Waals surface area contributed by atoms with E-state index >= 15 is 0 Å². The van der Waals surface area contributed by atoms with Crippen LogP contribution >= 0.6 is 11.8 Å². The zero-order valence-corrected chi connectivity index (χ0v) is 19.7. The van der Waals surface area contributed by atoms with Gasteiger partial charge in [0, 0.05) is 30.2 Å². The number of hydrogen-bond donors (Lipinski definition) is 5. The van der Waals surface area contributed by atoms with E-state index in [0.717, 1.165) is 59.3 Å². The third kappa shape index (κ3) is 4.29. The Morgan fingerprint density at radius 1 is 1.00 bits per heavy atom. The Morgan fingerprint density at radius 3 is 2.60 bits per heavy atom.